The number of amides is 1. The van der Waals surface area contributed by atoms with E-state index in [1.165, 1.54) is 18.2 Å². The summed E-state index contributed by atoms with van der Waals surface area (Å²) in [5, 5.41) is 10.1. The Morgan fingerprint density at radius 2 is 1.77 bits per heavy atom. The van der Waals surface area contributed by atoms with Crippen LogP contribution >= 0.6 is 0 Å². The average molecular weight is 542 g/mol. The second-order valence-corrected chi connectivity index (χ2v) is 10.5. The van der Waals surface area contributed by atoms with Crippen LogP contribution in [0.5, 0.6) is 0 Å². The van der Waals surface area contributed by atoms with E-state index in [0.29, 0.717) is 73.9 Å². The molecule has 0 saturated carbocycles. The molecule has 2 fully saturated rings. The van der Waals surface area contributed by atoms with Crippen LogP contribution in [-0.4, -0.2) is 68.0 Å². The van der Waals surface area contributed by atoms with Crippen molar-refractivity contribution in [2.75, 3.05) is 49.6 Å². The fourth-order valence-corrected chi connectivity index (χ4v) is 5.31. The number of anilines is 2. The molecular weight excluding hydrogens is 508 g/mol. The predicted molar refractivity (Wildman–Crippen MR) is 144 cm³/mol. The van der Waals surface area contributed by atoms with Crippen LogP contribution in [0.3, 0.4) is 0 Å². The number of halogens is 2. The number of carbonyl (C=O) groups is 1. The van der Waals surface area contributed by atoms with Crippen molar-refractivity contribution in [1.82, 2.24) is 4.90 Å². The van der Waals surface area contributed by atoms with Crippen LogP contribution in [0.2, 0.25) is 0 Å². The number of rotatable bonds is 5. The molecule has 2 aliphatic rings. The van der Waals surface area contributed by atoms with E-state index >= 15 is 0 Å². The van der Waals surface area contributed by atoms with Gasteiger partial charge in [0.05, 0.1) is 30.2 Å². The molecule has 0 radical (unpaired) electrons. The molecular formula is C29H33F2N3O5. The quantitative estimate of drug-likeness (QED) is 0.521. The summed E-state index contributed by atoms with van der Waals surface area (Å²) >= 11 is 0. The molecule has 2 saturated heterocycles. The van der Waals surface area contributed by atoms with Crippen LogP contribution in [0.4, 0.5) is 20.4 Å². The van der Waals surface area contributed by atoms with Crippen LogP contribution in [-0.2, 0) is 4.74 Å². The minimum atomic E-state index is -0.708. The molecule has 0 spiro atoms. The van der Waals surface area contributed by atoms with Crippen molar-refractivity contribution < 1.29 is 27.8 Å². The standard InChI is InChI=1S/C29H33F2N3O5/c1-17-16-34(8-9-38-17)27-15-26(36)25-11-19(29(37)33-6-4-23(35)5-7-33)10-24(28(25)39-27)18(2)32(3)22-13-20(30)12-21(31)14-22/h10-15,17-18,23,35H,4-9,16H2,1-3H3/t17-,18?/m1/s1. The minimum Gasteiger partial charge on any atom is -0.440 e. The van der Waals surface area contributed by atoms with E-state index in [1.807, 2.05) is 18.7 Å². The number of hydrogen-bond donors (Lipinski definition) is 1. The number of fused-ring (bicyclic) bond motifs is 1. The van der Waals surface area contributed by atoms with E-state index in [9.17, 15) is 23.5 Å². The van der Waals surface area contributed by atoms with Crippen molar-refractivity contribution in [3.63, 3.8) is 0 Å². The van der Waals surface area contributed by atoms with Gasteiger partial charge in [-0.1, -0.05) is 0 Å². The highest BCUT2D eigenvalue weighted by molar-refractivity contribution is 5.99. The first kappa shape index (κ1) is 27.1. The fourth-order valence-electron chi connectivity index (χ4n) is 5.31. The summed E-state index contributed by atoms with van der Waals surface area (Å²) in [6, 6.07) is 7.43. The van der Waals surface area contributed by atoms with Gasteiger partial charge >= 0.3 is 0 Å². The molecule has 8 nitrogen and oxygen atoms in total. The topological polar surface area (TPSA) is 86.5 Å². The van der Waals surface area contributed by atoms with Gasteiger partial charge < -0.3 is 29.0 Å². The Bertz CT molecular complexity index is 1420. The lowest BCUT2D eigenvalue weighted by Crippen LogP contribution is -2.41. The Morgan fingerprint density at radius 1 is 1.08 bits per heavy atom. The summed E-state index contributed by atoms with van der Waals surface area (Å²) in [6.07, 6.45) is 0.505. The first-order valence-electron chi connectivity index (χ1n) is 13.3. The van der Waals surface area contributed by atoms with E-state index in [4.69, 9.17) is 9.15 Å². The smallest absolute Gasteiger partial charge is 0.253 e. The zero-order valence-electron chi connectivity index (χ0n) is 22.3. The summed E-state index contributed by atoms with van der Waals surface area (Å²) in [5.41, 5.74) is 1.19. The third-order valence-corrected chi connectivity index (χ3v) is 7.68. The van der Waals surface area contributed by atoms with Gasteiger partial charge in [-0.15, -0.1) is 0 Å². The molecule has 39 heavy (non-hydrogen) atoms. The van der Waals surface area contributed by atoms with Crippen molar-refractivity contribution in [1.29, 1.82) is 0 Å². The van der Waals surface area contributed by atoms with Gasteiger partial charge in [-0.05, 0) is 51.0 Å². The maximum absolute atomic E-state index is 14.0. The third-order valence-electron chi connectivity index (χ3n) is 7.68. The number of ether oxygens (including phenoxy) is 1. The number of aliphatic hydroxyl groups is 1. The highest BCUT2D eigenvalue weighted by Crippen LogP contribution is 2.34. The van der Waals surface area contributed by atoms with Crippen LogP contribution in [0.15, 0.2) is 45.6 Å². The Morgan fingerprint density at radius 3 is 2.44 bits per heavy atom. The third kappa shape index (κ3) is 5.62. The predicted octanol–water partition coefficient (Wildman–Crippen LogP) is 4.09. The lowest BCUT2D eigenvalue weighted by atomic mass is 9.98. The summed E-state index contributed by atoms with van der Waals surface area (Å²) in [5.74, 6) is -1.26. The monoisotopic (exact) mass is 541 g/mol. The van der Waals surface area contributed by atoms with Crippen LogP contribution in [0, 0.1) is 11.6 Å². The lowest BCUT2D eigenvalue weighted by molar-refractivity contribution is 0.0517. The first-order chi connectivity index (χ1) is 18.6. The Kier molecular flexibility index (Phi) is 7.59. The van der Waals surface area contributed by atoms with Crippen molar-refractivity contribution in [3.05, 3.63) is 69.4 Å². The van der Waals surface area contributed by atoms with Crippen LogP contribution in [0.25, 0.3) is 11.0 Å². The van der Waals surface area contributed by atoms with Gasteiger partial charge in [-0.3, -0.25) is 9.59 Å². The molecule has 1 aromatic heterocycles. The molecule has 0 aliphatic carbocycles. The molecule has 2 atom stereocenters. The molecule has 1 unspecified atom stereocenters. The van der Waals surface area contributed by atoms with Crippen LogP contribution in [0.1, 0.15) is 48.7 Å². The minimum absolute atomic E-state index is 0.0322. The van der Waals surface area contributed by atoms with Crippen molar-refractivity contribution in [3.8, 4) is 0 Å². The molecule has 1 N–H and O–H groups in total. The second kappa shape index (κ2) is 10.9. The Labute approximate surface area is 225 Å². The van der Waals surface area contributed by atoms with Crippen LogP contribution < -0.4 is 15.2 Å². The highest BCUT2D eigenvalue weighted by atomic mass is 19.1. The van der Waals surface area contributed by atoms with E-state index in [-0.39, 0.29) is 22.8 Å². The summed E-state index contributed by atoms with van der Waals surface area (Å²) in [6.45, 7) is 6.21. The highest BCUT2D eigenvalue weighted by Gasteiger charge is 2.27. The number of likely N-dealkylation sites (tertiary alicyclic amines) is 1. The zero-order chi connectivity index (χ0) is 27.8. The van der Waals surface area contributed by atoms with Crippen molar-refractivity contribution in [2.45, 2.75) is 44.9 Å². The molecule has 0 bridgehead atoms. The van der Waals surface area contributed by atoms with Gasteiger partial charge in [-0.2, -0.15) is 0 Å². The second-order valence-electron chi connectivity index (χ2n) is 10.5. The Balaban J connectivity index is 1.62. The number of morpholine rings is 1. The number of nitrogens with zero attached hydrogens (tertiary/aromatic N) is 3. The average Bonchev–Trinajstić information content (AvgIpc) is 2.91. The number of carbonyl (C=O) groups excluding carboxylic acids is 1. The van der Waals surface area contributed by atoms with Gasteiger partial charge in [-0.25, -0.2) is 8.78 Å². The molecule has 2 aromatic carbocycles. The zero-order valence-corrected chi connectivity index (χ0v) is 22.3. The summed E-state index contributed by atoms with van der Waals surface area (Å²) in [7, 11) is 1.69. The van der Waals surface area contributed by atoms with Gasteiger partial charge in [0.2, 0.25) is 0 Å². The summed E-state index contributed by atoms with van der Waals surface area (Å²) < 4.78 is 40.1. The number of aliphatic hydroxyl groups excluding tert-OH is 1. The SMILES string of the molecule is CC(c1cc(C(=O)N2CCC(O)CC2)cc2c(=O)cc(N3CCO[C@H](C)C3)oc12)N(C)c1cc(F)cc(F)c1. The summed E-state index contributed by atoms with van der Waals surface area (Å²) in [4.78, 5) is 32.2. The van der Waals surface area contributed by atoms with Gasteiger partial charge in [0, 0.05) is 62.2 Å². The molecule has 5 rings (SSSR count). The maximum Gasteiger partial charge on any atom is 0.253 e. The largest absolute Gasteiger partial charge is 0.440 e. The van der Waals surface area contributed by atoms with Crippen molar-refractivity contribution >= 4 is 28.4 Å². The van der Waals surface area contributed by atoms with E-state index < -0.39 is 23.8 Å². The van der Waals surface area contributed by atoms with E-state index in [1.54, 1.807) is 29.0 Å². The fraction of sp³-hybridized carbons (Fsp3) is 0.448. The molecule has 10 heteroatoms. The molecule has 3 aromatic rings. The lowest BCUT2D eigenvalue weighted by Gasteiger charge is -2.32. The number of benzene rings is 2. The maximum atomic E-state index is 14.0. The first-order valence-corrected chi connectivity index (χ1v) is 13.3. The molecule has 1 amide bonds. The van der Waals surface area contributed by atoms with E-state index in [2.05, 4.69) is 0 Å². The molecule has 3 heterocycles. The number of hydrogen-bond acceptors (Lipinski definition) is 7. The van der Waals surface area contributed by atoms with E-state index in [0.717, 1.165) is 6.07 Å². The normalized spacial score (nSPS) is 19.4. The van der Waals surface area contributed by atoms with Gasteiger partial charge in [0.25, 0.3) is 5.91 Å². The molecule has 2 aliphatic heterocycles. The van der Waals surface area contributed by atoms with Gasteiger partial charge in [0.15, 0.2) is 11.3 Å². The van der Waals surface area contributed by atoms with Crippen molar-refractivity contribution in [2.24, 2.45) is 0 Å². The molecule has 208 valence electrons. The Hall–Kier alpha value is -3.50. The van der Waals surface area contributed by atoms with Gasteiger partial charge in [0.1, 0.15) is 17.2 Å². The number of piperidine rings is 1.